The van der Waals surface area contributed by atoms with E-state index in [-0.39, 0.29) is 41.8 Å². The van der Waals surface area contributed by atoms with Crippen LogP contribution in [-0.4, -0.2) is 40.3 Å². The lowest BCUT2D eigenvalue weighted by Crippen LogP contribution is -2.31. The number of hydrogen-bond donors (Lipinski definition) is 0. The molecule has 0 aliphatic carbocycles. The van der Waals surface area contributed by atoms with Crippen molar-refractivity contribution in [3.8, 4) is 17.1 Å². The van der Waals surface area contributed by atoms with Gasteiger partial charge in [-0.1, -0.05) is 12.1 Å². The van der Waals surface area contributed by atoms with Crippen LogP contribution in [-0.2, 0) is 29.0 Å². The van der Waals surface area contributed by atoms with E-state index >= 15 is 8.78 Å². The van der Waals surface area contributed by atoms with E-state index in [9.17, 15) is 9.18 Å². The normalized spacial score (nSPS) is 14.5. The number of rotatable bonds is 9. The summed E-state index contributed by atoms with van der Waals surface area (Å²) >= 11 is 2.02. The van der Waals surface area contributed by atoms with Crippen LogP contribution in [0.25, 0.3) is 22.3 Å². The van der Waals surface area contributed by atoms with Gasteiger partial charge in [0.25, 0.3) is 0 Å². The molecule has 0 amide bonds. The summed E-state index contributed by atoms with van der Waals surface area (Å²) < 4.78 is 63.9. The van der Waals surface area contributed by atoms with Crippen molar-refractivity contribution in [1.82, 2.24) is 14.5 Å². The SMILES string of the molecule is COC(=O)c1ccc2nc(Cc3cc(F)c(-c4cccc(OCc5ccc(I)cc5F)n4)cc3F)n(C[C@@H]3CCO3)c2c1. The molecule has 0 unspecified atom stereocenters. The van der Waals surface area contributed by atoms with Crippen LogP contribution in [0.1, 0.15) is 33.7 Å². The van der Waals surface area contributed by atoms with Gasteiger partial charge >= 0.3 is 5.97 Å². The van der Waals surface area contributed by atoms with Crippen LogP contribution in [0.3, 0.4) is 0 Å². The van der Waals surface area contributed by atoms with Crippen molar-refractivity contribution in [2.45, 2.75) is 32.1 Å². The number of aromatic nitrogens is 3. The Labute approximate surface area is 258 Å². The van der Waals surface area contributed by atoms with Gasteiger partial charge < -0.3 is 18.8 Å². The molecule has 1 atom stereocenters. The van der Waals surface area contributed by atoms with E-state index in [1.165, 1.54) is 13.2 Å². The first-order valence-electron chi connectivity index (χ1n) is 13.5. The van der Waals surface area contributed by atoms with E-state index in [4.69, 9.17) is 14.2 Å². The summed E-state index contributed by atoms with van der Waals surface area (Å²) in [7, 11) is 1.31. The van der Waals surface area contributed by atoms with Crippen LogP contribution in [0.15, 0.2) is 66.7 Å². The molecule has 5 aromatic rings. The molecule has 0 N–H and O–H groups in total. The predicted molar refractivity (Wildman–Crippen MR) is 161 cm³/mol. The van der Waals surface area contributed by atoms with Gasteiger partial charge in [0.05, 0.1) is 42.0 Å². The van der Waals surface area contributed by atoms with Crippen LogP contribution in [0.2, 0.25) is 0 Å². The number of carbonyl (C=O) groups is 1. The average Bonchev–Trinajstić information content (AvgIpc) is 3.31. The van der Waals surface area contributed by atoms with Crippen LogP contribution < -0.4 is 4.74 Å². The summed E-state index contributed by atoms with van der Waals surface area (Å²) in [6, 6.07) is 16.8. The summed E-state index contributed by atoms with van der Waals surface area (Å²) in [5.41, 5.74) is 2.26. The standard InChI is InChI=1S/C32H25F3IN3O4/c1-41-32(40)18-6-8-28-29(12-18)39(16-22-9-10-42-22)30(37-28)13-20-11-26(35)23(15-25(20)34)27-3-2-4-31(38-27)43-17-19-5-7-21(36)14-24(19)33/h2-8,11-12,14-15,22H,9-10,13,16-17H2,1H3/t22-/m0/s1. The molecule has 0 radical (unpaired) electrons. The molecule has 220 valence electrons. The molecule has 3 aromatic carbocycles. The number of methoxy groups -OCH3 is 1. The Morgan fingerprint density at radius 3 is 2.56 bits per heavy atom. The number of halogens is 4. The molecule has 1 saturated heterocycles. The van der Waals surface area contributed by atoms with E-state index in [1.807, 2.05) is 27.2 Å². The first-order chi connectivity index (χ1) is 20.8. The first kappa shape index (κ1) is 29.1. The lowest BCUT2D eigenvalue weighted by molar-refractivity contribution is -0.0589. The van der Waals surface area contributed by atoms with Crippen LogP contribution in [0.5, 0.6) is 5.88 Å². The third kappa shape index (κ3) is 6.23. The van der Waals surface area contributed by atoms with Gasteiger partial charge in [-0.3, -0.25) is 0 Å². The molecule has 43 heavy (non-hydrogen) atoms. The number of benzene rings is 3. The number of carbonyl (C=O) groups excluding carboxylic acids is 1. The van der Waals surface area contributed by atoms with Crippen molar-refractivity contribution >= 4 is 39.6 Å². The summed E-state index contributed by atoms with van der Waals surface area (Å²) in [6.07, 6.45) is 0.837. The van der Waals surface area contributed by atoms with Gasteiger partial charge in [-0.25, -0.2) is 27.9 Å². The maximum Gasteiger partial charge on any atom is 0.337 e. The molecular weight excluding hydrogens is 674 g/mol. The smallest absolute Gasteiger partial charge is 0.337 e. The maximum absolute atomic E-state index is 15.5. The second-order valence-corrected chi connectivity index (χ2v) is 11.3. The zero-order valence-corrected chi connectivity index (χ0v) is 25.1. The molecule has 1 aliphatic heterocycles. The van der Waals surface area contributed by atoms with Gasteiger partial charge in [-0.15, -0.1) is 0 Å². The van der Waals surface area contributed by atoms with Crippen molar-refractivity contribution in [2.24, 2.45) is 0 Å². The van der Waals surface area contributed by atoms with Gasteiger partial charge in [0, 0.05) is 33.8 Å². The molecule has 3 heterocycles. The zero-order valence-electron chi connectivity index (χ0n) is 23.0. The van der Waals surface area contributed by atoms with E-state index in [0.29, 0.717) is 41.1 Å². The minimum atomic E-state index is -0.664. The summed E-state index contributed by atoms with van der Waals surface area (Å²) in [5, 5.41) is 0. The van der Waals surface area contributed by atoms with Gasteiger partial charge in [0.1, 0.15) is 29.9 Å². The quantitative estimate of drug-likeness (QED) is 0.124. The largest absolute Gasteiger partial charge is 0.473 e. The summed E-state index contributed by atoms with van der Waals surface area (Å²) in [5.74, 6) is -1.51. The lowest BCUT2D eigenvalue weighted by Gasteiger charge is -2.27. The van der Waals surface area contributed by atoms with Crippen molar-refractivity contribution in [3.05, 3.63) is 110 Å². The van der Waals surface area contributed by atoms with Crippen molar-refractivity contribution in [3.63, 3.8) is 0 Å². The highest BCUT2D eigenvalue weighted by atomic mass is 127. The Balaban J connectivity index is 1.27. The fourth-order valence-electron chi connectivity index (χ4n) is 4.91. The summed E-state index contributed by atoms with van der Waals surface area (Å²) in [4.78, 5) is 21.1. The van der Waals surface area contributed by atoms with E-state index in [0.717, 1.165) is 22.1 Å². The Morgan fingerprint density at radius 2 is 1.81 bits per heavy atom. The molecule has 2 aromatic heterocycles. The van der Waals surface area contributed by atoms with Crippen LogP contribution in [0.4, 0.5) is 13.2 Å². The maximum atomic E-state index is 15.5. The number of nitrogens with zero attached hydrogens (tertiary/aromatic N) is 3. The third-order valence-corrected chi connectivity index (χ3v) is 7.97. The topological polar surface area (TPSA) is 75.5 Å². The van der Waals surface area contributed by atoms with Crippen molar-refractivity contribution < 1.29 is 32.2 Å². The van der Waals surface area contributed by atoms with Crippen LogP contribution in [0, 0.1) is 21.0 Å². The highest BCUT2D eigenvalue weighted by Gasteiger charge is 2.24. The number of esters is 1. The van der Waals surface area contributed by atoms with Gasteiger partial charge in [0.15, 0.2) is 0 Å². The Kier molecular flexibility index (Phi) is 8.35. The molecule has 7 nitrogen and oxygen atoms in total. The number of hydrogen-bond acceptors (Lipinski definition) is 6. The predicted octanol–water partition coefficient (Wildman–Crippen LogP) is 6.87. The average molecular weight is 699 g/mol. The number of pyridine rings is 1. The fraction of sp³-hybridized carbons (Fsp3) is 0.219. The molecular formula is C32H25F3IN3O4. The molecule has 0 saturated carbocycles. The summed E-state index contributed by atoms with van der Waals surface area (Å²) in [6.45, 7) is 1.05. The Bertz CT molecular complexity index is 1840. The lowest BCUT2D eigenvalue weighted by atomic mass is 10.0. The Morgan fingerprint density at radius 1 is 1.00 bits per heavy atom. The number of fused-ring (bicyclic) bond motifs is 1. The third-order valence-electron chi connectivity index (χ3n) is 7.30. The van der Waals surface area contributed by atoms with Crippen molar-refractivity contribution in [2.75, 3.05) is 13.7 Å². The van der Waals surface area contributed by atoms with E-state index < -0.39 is 23.4 Å². The van der Waals surface area contributed by atoms with Gasteiger partial charge in [0.2, 0.25) is 5.88 Å². The minimum Gasteiger partial charge on any atom is -0.473 e. The molecule has 11 heteroatoms. The molecule has 1 fully saturated rings. The van der Waals surface area contributed by atoms with Crippen molar-refractivity contribution in [1.29, 1.82) is 0 Å². The second-order valence-electron chi connectivity index (χ2n) is 10.1. The molecule has 0 spiro atoms. The highest BCUT2D eigenvalue weighted by molar-refractivity contribution is 14.1. The fourth-order valence-corrected chi connectivity index (χ4v) is 5.37. The molecule has 1 aliphatic rings. The zero-order chi connectivity index (χ0) is 30.1. The first-order valence-corrected chi connectivity index (χ1v) is 14.6. The van der Waals surface area contributed by atoms with Gasteiger partial charge in [-0.05, 0) is 83.1 Å². The van der Waals surface area contributed by atoms with E-state index in [2.05, 4.69) is 9.97 Å². The highest BCUT2D eigenvalue weighted by Crippen LogP contribution is 2.29. The number of imidazole rings is 1. The van der Waals surface area contributed by atoms with E-state index in [1.54, 1.807) is 48.5 Å². The van der Waals surface area contributed by atoms with Gasteiger partial charge in [-0.2, -0.15) is 0 Å². The van der Waals surface area contributed by atoms with Crippen LogP contribution >= 0.6 is 22.6 Å². The monoisotopic (exact) mass is 699 g/mol. The Hall–Kier alpha value is -3.97. The molecule has 6 rings (SSSR count). The second kappa shape index (κ2) is 12.3. The minimum absolute atomic E-state index is 0.0101. The number of ether oxygens (including phenoxy) is 3. The molecule has 0 bridgehead atoms.